The van der Waals surface area contributed by atoms with Crippen molar-refractivity contribution in [1.82, 2.24) is 14.5 Å². The molecular weight excluding hydrogens is 495 g/mol. The van der Waals surface area contributed by atoms with Crippen molar-refractivity contribution in [1.29, 1.82) is 0 Å². The molecule has 5 rings (SSSR count). The van der Waals surface area contributed by atoms with E-state index < -0.39 is 22.3 Å². The molecule has 1 unspecified atom stereocenters. The molecule has 2 aromatic heterocycles. The van der Waals surface area contributed by atoms with Gasteiger partial charge in [-0.05, 0) is 36.1 Å². The van der Waals surface area contributed by atoms with Crippen LogP contribution in [0.2, 0.25) is 0 Å². The Morgan fingerprint density at radius 2 is 1.92 bits per heavy atom. The molecule has 0 saturated carbocycles. The number of hydrogen-bond acceptors (Lipinski definition) is 6. The van der Waals surface area contributed by atoms with E-state index in [1.807, 2.05) is 0 Å². The standard InChI is InChI=1S/C25H20F3N3O4S/c26-18-11-29-25(30-12-18)31-13-21(16-2-1-3-19(9-16)35-24(27)28)20-5-4-17(10-22(20)31)23(32)8-15-6-7-36(33,34)14-15/h1-5,9-13,15,24H,6-8,14H2. The minimum Gasteiger partial charge on any atom is -0.435 e. The Morgan fingerprint density at radius 1 is 1.14 bits per heavy atom. The molecular formula is C25H20F3N3O4S. The van der Waals surface area contributed by atoms with E-state index >= 15 is 0 Å². The summed E-state index contributed by atoms with van der Waals surface area (Å²) in [6.07, 6.45) is 4.27. The molecule has 0 radical (unpaired) electrons. The highest BCUT2D eigenvalue weighted by atomic mass is 32.2. The van der Waals surface area contributed by atoms with Crippen molar-refractivity contribution < 1.29 is 31.1 Å². The Morgan fingerprint density at radius 3 is 2.61 bits per heavy atom. The summed E-state index contributed by atoms with van der Waals surface area (Å²) >= 11 is 0. The van der Waals surface area contributed by atoms with Gasteiger partial charge in [0.05, 0.1) is 29.4 Å². The Balaban J connectivity index is 1.58. The van der Waals surface area contributed by atoms with E-state index in [1.165, 1.54) is 12.1 Å². The monoisotopic (exact) mass is 515 g/mol. The van der Waals surface area contributed by atoms with E-state index in [0.717, 1.165) is 12.4 Å². The van der Waals surface area contributed by atoms with Gasteiger partial charge in [-0.25, -0.2) is 22.8 Å². The number of alkyl halides is 2. The van der Waals surface area contributed by atoms with Gasteiger partial charge in [0, 0.05) is 29.1 Å². The molecule has 36 heavy (non-hydrogen) atoms. The highest BCUT2D eigenvalue weighted by Crippen LogP contribution is 2.35. The number of hydrogen-bond donors (Lipinski definition) is 0. The molecule has 3 heterocycles. The normalized spacial score (nSPS) is 17.1. The molecule has 0 aliphatic carbocycles. The van der Waals surface area contributed by atoms with Crippen molar-refractivity contribution in [2.45, 2.75) is 19.5 Å². The topological polar surface area (TPSA) is 91.2 Å². The summed E-state index contributed by atoms with van der Waals surface area (Å²) in [5.74, 6) is -0.804. The van der Waals surface area contributed by atoms with E-state index in [2.05, 4.69) is 14.7 Å². The maximum atomic E-state index is 13.5. The molecule has 186 valence electrons. The molecule has 1 aliphatic rings. The molecule has 11 heteroatoms. The molecule has 0 N–H and O–H groups in total. The van der Waals surface area contributed by atoms with Gasteiger partial charge in [-0.1, -0.05) is 24.3 Å². The van der Waals surface area contributed by atoms with Crippen LogP contribution in [-0.4, -0.2) is 46.9 Å². The number of fused-ring (bicyclic) bond motifs is 1. The summed E-state index contributed by atoms with van der Waals surface area (Å²) in [5, 5.41) is 0.678. The lowest BCUT2D eigenvalue weighted by atomic mass is 9.96. The zero-order valence-corrected chi connectivity index (χ0v) is 19.6. The molecule has 1 atom stereocenters. The first-order chi connectivity index (χ1) is 17.2. The van der Waals surface area contributed by atoms with Crippen LogP contribution >= 0.6 is 0 Å². The second-order valence-corrected chi connectivity index (χ2v) is 10.9. The third-order valence-corrected chi connectivity index (χ3v) is 7.96. The first-order valence-corrected chi connectivity index (χ1v) is 12.9. The fraction of sp³-hybridized carbons (Fsp3) is 0.240. The van der Waals surface area contributed by atoms with Crippen LogP contribution in [0.3, 0.4) is 0 Å². The van der Waals surface area contributed by atoms with Gasteiger partial charge in [-0.15, -0.1) is 0 Å². The number of nitrogens with zero attached hydrogens (tertiary/aromatic N) is 3. The third kappa shape index (κ3) is 4.97. The van der Waals surface area contributed by atoms with Gasteiger partial charge in [0.25, 0.3) is 0 Å². The second-order valence-electron chi connectivity index (χ2n) is 8.65. The molecule has 1 saturated heterocycles. The highest BCUT2D eigenvalue weighted by Gasteiger charge is 2.30. The predicted molar refractivity (Wildman–Crippen MR) is 127 cm³/mol. The van der Waals surface area contributed by atoms with Crippen LogP contribution in [0, 0.1) is 11.7 Å². The fourth-order valence-electron chi connectivity index (χ4n) is 4.48. The van der Waals surface area contributed by atoms with Crippen LogP contribution in [-0.2, 0) is 9.84 Å². The van der Waals surface area contributed by atoms with Gasteiger partial charge in [-0.2, -0.15) is 8.78 Å². The van der Waals surface area contributed by atoms with E-state index in [-0.39, 0.29) is 41.3 Å². The van der Waals surface area contributed by atoms with Crippen molar-refractivity contribution >= 4 is 26.5 Å². The van der Waals surface area contributed by atoms with Gasteiger partial charge in [0.1, 0.15) is 5.75 Å². The van der Waals surface area contributed by atoms with Crippen LogP contribution in [0.5, 0.6) is 5.75 Å². The Kier molecular flexibility index (Phi) is 6.25. The molecule has 1 fully saturated rings. The van der Waals surface area contributed by atoms with E-state index in [4.69, 9.17) is 0 Å². The summed E-state index contributed by atoms with van der Waals surface area (Å²) in [6.45, 7) is -2.97. The first kappa shape index (κ1) is 24.0. The summed E-state index contributed by atoms with van der Waals surface area (Å²) in [7, 11) is -3.10. The molecule has 1 aliphatic heterocycles. The van der Waals surface area contributed by atoms with E-state index in [1.54, 1.807) is 41.1 Å². The lowest BCUT2D eigenvalue weighted by molar-refractivity contribution is -0.0498. The van der Waals surface area contributed by atoms with Crippen LogP contribution in [0.1, 0.15) is 23.2 Å². The summed E-state index contributed by atoms with van der Waals surface area (Å²) < 4.78 is 68.6. The second kappa shape index (κ2) is 9.38. The molecule has 2 aromatic carbocycles. The fourth-order valence-corrected chi connectivity index (χ4v) is 6.34. The third-order valence-electron chi connectivity index (χ3n) is 6.12. The lowest BCUT2D eigenvalue weighted by Gasteiger charge is -2.08. The van der Waals surface area contributed by atoms with Crippen LogP contribution in [0.25, 0.3) is 28.0 Å². The molecule has 0 bridgehead atoms. The first-order valence-electron chi connectivity index (χ1n) is 11.1. The predicted octanol–water partition coefficient (Wildman–Crippen LogP) is 4.84. The van der Waals surface area contributed by atoms with Crippen molar-refractivity contribution in [2.75, 3.05) is 11.5 Å². The smallest absolute Gasteiger partial charge is 0.387 e. The van der Waals surface area contributed by atoms with Gasteiger partial charge >= 0.3 is 6.61 Å². The summed E-state index contributed by atoms with van der Waals surface area (Å²) in [6, 6.07) is 11.2. The van der Waals surface area contributed by atoms with Crippen LogP contribution in [0.4, 0.5) is 13.2 Å². The summed E-state index contributed by atoms with van der Waals surface area (Å²) in [5.41, 5.74) is 2.14. The maximum Gasteiger partial charge on any atom is 0.387 e. The van der Waals surface area contributed by atoms with Gasteiger partial charge in [-0.3, -0.25) is 9.36 Å². The quantitative estimate of drug-likeness (QED) is 0.327. The summed E-state index contributed by atoms with van der Waals surface area (Å²) in [4.78, 5) is 21.1. The van der Waals surface area contributed by atoms with Crippen LogP contribution < -0.4 is 4.74 Å². The average Bonchev–Trinajstić information content (AvgIpc) is 3.38. The Labute approximate surface area is 204 Å². The van der Waals surface area contributed by atoms with Gasteiger partial charge in [0.2, 0.25) is 5.95 Å². The zero-order valence-electron chi connectivity index (χ0n) is 18.8. The van der Waals surface area contributed by atoms with E-state index in [9.17, 15) is 26.4 Å². The maximum absolute atomic E-state index is 13.5. The molecule has 0 spiro atoms. The number of sulfone groups is 1. The Hall–Kier alpha value is -3.73. The molecule has 0 amide bonds. The van der Waals surface area contributed by atoms with Gasteiger partial charge < -0.3 is 4.74 Å². The number of ether oxygens (including phenoxy) is 1. The van der Waals surface area contributed by atoms with Crippen molar-refractivity contribution in [2.24, 2.45) is 5.92 Å². The highest BCUT2D eigenvalue weighted by molar-refractivity contribution is 7.91. The lowest BCUT2D eigenvalue weighted by Crippen LogP contribution is -2.11. The zero-order chi connectivity index (χ0) is 25.4. The van der Waals surface area contributed by atoms with E-state index in [0.29, 0.717) is 34.0 Å². The average molecular weight is 516 g/mol. The van der Waals surface area contributed by atoms with Gasteiger partial charge in [0.15, 0.2) is 21.4 Å². The number of ketones is 1. The van der Waals surface area contributed by atoms with Crippen molar-refractivity contribution in [3.05, 3.63) is 72.4 Å². The number of rotatable bonds is 7. The number of benzene rings is 2. The largest absolute Gasteiger partial charge is 0.435 e. The van der Waals surface area contributed by atoms with Crippen LogP contribution in [0.15, 0.2) is 61.1 Å². The minimum absolute atomic E-state index is 0.00194. The van der Waals surface area contributed by atoms with Crippen molar-refractivity contribution in [3.63, 3.8) is 0 Å². The number of Topliss-reactive ketones (excluding diaryl/α,β-unsaturated/α-hetero) is 1. The number of carbonyl (C=O) groups excluding carboxylic acids is 1. The SMILES string of the molecule is O=C(CC1CCS(=O)(=O)C1)c1ccc2c(-c3cccc(OC(F)F)c3)cn(-c3ncc(F)cn3)c2c1. The molecule has 4 aromatic rings. The Bertz CT molecular complexity index is 1550. The number of carbonyl (C=O) groups is 1. The number of halogens is 3. The minimum atomic E-state index is -3.10. The van der Waals surface area contributed by atoms with Crippen molar-refractivity contribution in [3.8, 4) is 22.8 Å². The number of aromatic nitrogens is 3. The molecule has 7 nitrogen and oxygen atoms in total.